The Morgan fingerprint density at radius 3 is 2.89 bits per heavy atom. The molecule has 0 aromatic heterocycles. The minimum absolute atomic E-state index is 0.189. The Morgan fingerprint density at radius 2 is 2.44 bits per heavy atom. The van der Waals surface area contributed by atoms with Crippen molar-refractivity contribution < 1.29 is 5.11 Å². The molecule has 3 N–H and O–H groups in total. The Labute approximate surface area is 53.9 Å². The van der Waals surface area contributed by atoms with Crippen LogP contribution in [0.4, 0.5) is 0 Å². The minimum Gasteiger partial charge on any atom is -0.507 e. The summed E-state index contributed by atoms with van der Waals surface area (Å²) in [5.41, 5.74) is 6.03. The van der Waals surface area contributed by atoms with Crippen LogP contribution in [0.3, 0.4) is 0 Å². The summed E-state index contributed by atoms with van der Waals surface area (Å²) in [6, 6.07) is 8.38. The zero-order valence-corrected chi connectivity index (χ0v) is 4.89. The van der Waals surface area contributed by atoms with Crippen LogP contribution in [0.1, 0.15) is 5.56 Å². The van der Waals surface area contributed by atoms with E-state index in [0.717, 1.165) is 5.56 Å². The molecule has 1 rings (SSSR count). The highest BCUT2D eigenvalue weighted by Crippen LogP contribution is 2.05. The Kier molecular flexibility index (Phi) is 1.57. The van der Waals surface area contributed by atoms with Gasteiger partial charge in [-0.3, -0.25) is 0 Å². The maximum absolute atomic E-state index is 8.84. The van der Waals surface area contributed by atoms with Crippen LogP contribution in [0.15, 0.2) is 12.1 Å². The van der Waals surface area contributed by atoms with Crippen molar-refractivity contribution in [2.24, 2.45) is 5.73 Å². The van der Waals surface area contributed by atoms with Gasteiger partial charge in [-0.2, -0.15) is 0 Å². The number of rotatable bonds is 1. The second kappa shape index (κ2) is 2.38. The predicted molar refractivity (Wildman–Crippen MR) is 33.7 cm³/mol. The second-order valence-electron chi connectivity index (χ2n) is 1.71. The molecule has 0 spiro atoms. The SMILES string of the molecule is NCc1c#ccc(O)c1. The van der Waals surface area contributed by atoms with Crippen LogP contribution in [0.5, 0.6) is 5.75 Å². The van der Waals surface area contributed by atoms with Gasteiger partial charge in [0, 0.05) is 18.2 Å². The van der Waals surface area contributed by atoms with Crippen molar-refractivity contribution in [2.75, 3.05) is 0 Å². The molecule has 0 aliphatic carbocycles. The van der Waals surface area contributed by atoms with E-state index in [-0.39, 0.29) is 5.75 Å². The molecule has 9 heavy (non-hydrogen) atoms. The van der Waals surface area contributed by atoms with Crippen LogP contribution < -0.4 is 5.73 Å². The Hall–Kier alpha value is -1.20. The molecule has 0 aliphatic heterocycles. The van der Waals surface area contributed by atoms with Gasteiger partial charge in [-0.15, -0.1) is 0 Å². The normalized spacial score (nSPS) is 8.56. The number of hydrogen-bond acceptors (Lipinski definition) is 2. The van der Waals surface area contributed by atoms with E-state index in [1.54, 1.807) is 6.07 Å². The highest BCUT2D eigenvalue weighted by atomic mass is 16.3. The van der Waals surface area contributed by atoms with E-state index in [1.807, 2.05) is 0 Å². The Bertz CT molecular complexity index is 198. The van der Waals surface area contributed by atoms with Gasteiger partial charge in [0.1, 0.15) is 5.75 Å². The van der Waals surface area contributed by atoms with Crippen molar-refractivity contribution in [1.29, 1.82) is 0 Å². The summed E-state index contributed by atoms with van der Waals surface area (Å²) in [5, 5.41) is 8.84. The van der Waals surface area contributed by atoms with E-state index >= 15 is 0 Å². The number of nitrogens with two attached hydrogens (primary N) is 1. The van der Waals surface area contributed by atoms with E-state index in [0.29, 0.717) is 6.54 Å². The van der Waals surface area contributed by atoms with Gasteiger partial charge in [-0.05, 0) is 6.07 Å². The van der Waals surface area contributed by atoms with Crippen LogP contribution >= 0.6 is 0 Å². The first-order chi connectivity index (χ1) is 4.33. The maximum atomic E-state index is 8.84. The monoisotopic (exact) mass is 121 g/mol. The average molecular weight is 121 g/mol. The smallest absolute Gasteiger partial charge is 0.124 e. The molecule has 0 saturated heterocycles. The molecular formula is C7H7NO. The van der Waals surface area contributed by atoms with E-state index < -0.39 is 0 Å². The fourth-order valence-corrected chi connectivity index (χ4v) is 0.569. The van der Waals surface area contributed by atoms with Gasteiger partial charge in [0.05, 0.1) is 0 Å². The summed E-state index contributed by atoms with van der Waals surface area (Å²) < 4.78 is 0. The summed E-state index contributed by atoms with van der Waals surface area (Å²) in [7, 11) is 0. The molecule has 2 heteroatoms. The minimum atomic E-state index is 0.189. The lowest BCUT2D eigenvalue weighted by Crippen LogP contribution is -1.93. The van der Waals surface area contributed by atoms with E-state index in [4.69, 9.17) is 10.8 Å². The molecule has 2 nitrogen and oxygen atoms in total. The first-order valence-electron chi connectivity index (χ1n) is 2.64. The van der Waals surface area contributed by atoms with Crippen molar-refractivity contribution in [2.45, 2.75) is 6.54 Å². The lowest BCUT2D eigenvalue weighted by Gasteiger charge is -1.89. The van der Waals surface area contributed by atoms with Gasteiger partial charge in [-0.1, -0.05) is 12.1 Å². The zero-order chi connectivity index (χ0) is 6.69. The third-order valence-electron chi connectivity index (χ3n) is 0.995. The standard InChI is InChI=1S/C7H7NO/c8-5-6-2-1-3-7(9)4-6/h3-4,9H,5,8H2. The van der Waals surface area contributed by atoms with Crippen LogP contribution in [0.25, 0.3) is 0 Å². The average Bonchev–Trinajstić information content (AvgIpc) is 1.88. The highest BCUT2D eigenvalue weighted by molar-refractivity contribution is 5.21. The van der Waals surface area contributed by atoms with Crippen molar-refractivity contribution in [3.05, 3.63) is 29.8 Å². The molecule has 0 radical (unpaired) electrons. The topological polar surface area (TPSA) is 46.2 Å². The molecule has 46 valence electrons. The van der Waals surface area contributed by atoms with Crippen LogP contribution in [0, 0.1) is 12.1 Å². The molecule has 0 aliphatic rings. The van der Waals surface area contributed by atoms with Gasteiger partial charge in [0.25, 0.3) is 0 Å². The van der Waals surface area contributed by atoms with Gasteiger partial charge in [0.15, 0.2) is 0 Å². The zero-order valence-electron chi connectivity index (χ0n) is 4.89. The van der Waals surface area contributed by atoms with Crippen molar-refractivity contribution in [1.82, 2.24) is 0 Å². The molecule has 0 heterocycles. The van der Waals surface area contributed by atoms with Crippen molar-refractivity contribution in [3.8, 4) is 5.75 Å². The number of aromatic hydroxyl groups is 1. The fourth-order valence-electron chi connectivity index (χ4n) is 0.569. The lowest BCUT2D eigenvalue weighted by atomic mass is 10.2. The van der Waals surface area contributed by atoms with Crippen LogP contribution in [-0.2, 0) is 6.54 Å². The summed E-state index contributed by atoms with van der Waals surface area (Å²) in [4.78, 5) is 0. The quantitative estimate of drug-likeness (QED) is 0.566. The van der Waals surface area contributed by atoms with Crippen molar-refractivity contribution >= 4 is 0 Å². The maximum Gasteiger partial charge on any atom is 0.124 e. The van der Waals surface area contributed by atoms with Gasteiger partial charge < -0.3 is 10.8 Å². The van der Waals surface area contributed by atoms with Crippen molar-refractivity contribution in [3.63, 3.8) is 0 Å². The van der Waals surface area contributed by atoms with E-state index in [2.05, 4.69) is 12.1 Å². The summed E-state index contributed by atoms with van der Waals surface area (Å²) >= 11 is 0. The summed E-state index contributed by atoms with van der Waals surface area (Å²) in [6.45, 7) is 0.394. The highest BCUT2D eigenvalue weighted by Gasteiger charge is 1.86. The molecule has 0 amide bonds. The first kappa shape index (κ1) is 5.93. The fraction of sp³-hybridized carbons (Fsp3) is 0.143. The molecule has 0 unspecified atom stereocenters. The molecule has 0 fully saturated rings. The van der Waals surface area contributed by atoms with Gasteiger partial charge in [0.2, 0.25) is 0 Å². The third kappa shape index (κ3) is 1.34. The van der Waals surface area contributed by atoms with E-state index in [9.17, 15) is 0 Å². The van der Waals surface area contributed by atoms with Crippen LogP contribution in [-0.4, -0.2) is 5.11 Å². The Morgan fingerprint density at radius 1 is 1.67 bits per heavy atom. The molecule has 0 saturated carbocycles. The van der Waals surface area contributed by atoms with Crippen LogP contribution in [0.2, 0.25) is 0 Å². The molecular weight excluding hydrogens is 114 g/mol. The summed E-state index contributed by atoms with van der Waals surface area (Å²) in [6.07, 6.45) is 0. The third-order valence-corrected chi connectivity index (χ3v) is 0.995. The summed E-state index contributed by atoms with van der Waals surface area (Å²) in [5.74, 6) is 0.189. The second-order valence-corrected chi connectivity index (χ2v) is 1.71. The number of hydrogen-bond donors (Lipinski definition) is 2. The van der Waals surface area contributed by atoms with Gasteiger partial charge >= 0.3 is 0 Å². The molecule has 1 aromatic rings. The molecule has 1 aromatic carbocycles. The van der Waals surface area contributed by atoms with Gasteiger partial charge in [-0.25, -0.2) is 0 Å². The largest absolute Gasteiger partial charge is 0.507 e. The predicted octanol–water partition coefficient (Wildman–Crippen LogP) is 0.451. The molecule has 0 atom stereocenters. The Balaban J connectivity index is 2.94. The molecule has 0 bridgehead atoms. The van der Waals surface area contributed by atoms with E-state index in [1.165, 1.54) is 6.07 Å². The first-order valence-corrected chi connectivity index (χ1v) is 2.64. The lowest BCUT2D eigenvalue weighted by molar-refractivity contribution is 0.474.